The van der Waals surface area contributed by atoms with Crippen molar-refractivity contribution < 1.29 is 0 Å². The summed E-state index contributed by atoms with van der Waals surface area (Å²) in [5.41, 5.74) is 1.07. The van der Waals surface area contributed by atoms with Gasteiger partial charge in [0.25, 0.3) is 0 Å². The Bertz CT molecular complexity index is 634. The van der Waals surface area contributed by atoms with Gasteiger partial charge in [0, 0.05) is 38.4 Å². The summed E-state index contributed by atoms with van der Waals surface area (Å²) in [5, 5.41) is 14.9. The zero-order valence-corrected chi connectivity index (χ0v) is 14.8. The SMILES string of the molecule is CCCCNC(=NCc1nnc(C)n1C)NCCc1ccccn1. The molecule has 0 spiro atoms. The van der Waals surface area contributed by atoms with Crippen LogP contribution in [0.5, 0.6) is 0 Å². The fourth-order valence-corrected chi connectivity index (χ4v) is 2.15. The number of unbranched alkanes of at least 4 members (excludes halogenated alkanes) is 1. The molecule has 0 aromatic carbocycles. The zero-order valence-electron chi connectivity index (χ0n) is 14.8. The highest BCUT2D eigenvalue weighted by atomic mass is 15.3. The van der Waals surface area contributed by atoms with Crippen LogP contribution in [0.1, 0.15) is 37.1 Å². The van der Waals surface area contributed by atoms with Crippen LogP contribution in [0.25, 0.3) is 0 Å². The summed E-state index contributed by atoms with van der Waals surface area (Å²) in [6.07, 6.45) is 4.94. The Labute approximate surface area is 143 Å². The molecule has 7 nitrogen and oxygen atoms in total. The van der Waals surface area contributed by atoms with Gasteiger partial charge in [0.2, 0.25) is 0 Å². The molecular weight excluding hydrogens is 302 g/mol. The molecule has 24 heavy (non-hydrogen) atoms. The molecule has 0 aliphatic heterocycles. The first-order valence-electron chi connectivity index (χ1n) is 8.47. The lowest BCUT2D eigenvalue weighted by atomic mass is 10.3. The lowest BCUT2D eigenvalue weighted by Gasteiger charge is -2.12. The highest BCUT2D eigenvalue weighted by Crippen LogP contribution is 1.99. The van der Waals surface area contributed by atoms with Crippen LogP contribution in [0.4, 0.5) is 0 Å². The number of aromatic nitrogens is 4. The van der Waals surface area contributed by atoms with Gasteiger partial charge in [0.05, 0.1) is 0 Å². The Morgan fingerprint density at radius 3 is 2.71 bits per heavy atom. The third-order valence-electron chi connectivity index (χ3n) is 3.78. The molecule has 0 saturated heterocycles. The minimum absolute atomic E-state index is 0.502. The summed E-state index contributed by atoms with van der Waals surface area (Å²) in [4.78, 5) is 8.96. The molecule has 0 fully saturated rings. The summed E-state index contributed by atoms with van der Waals surface area (Å²) in [5.74, 6) is 2.55. The molecule has 0 unspecified atom stereocenters. The minimum atomic E-state index is 0.502. The topological polar surface area (TPSA) is 80.0 Å². The van der Waals surface area contributed by atoms with Crippen LogP contribution in [0, 0.1) is 6.92 Å². The van der Waals surface area contributed by atoms with E-state index in [1.807, 2.05) is 42.9 Å². The van der Waals surface area contributed by atoms with Crippen molar-refractivity contribution in [3.8, 4) is 0 Å². The second-order valence-corrected chi connectivity index (χ2v) is 5.67. The molecule has 2 aromatic heterocycles. The van der Waals surface area contributed by atoms with Crippen LogP contribution in [-0.4, -0.2) is 38.8 Å². The highest BCUT2D eigenvalue weighted by molar-refractivity contribution is 5.79. The van der Waals surface area contributed by atoms with Crippen molar-refractivity contribution in [3.05, 3.63) is 41.7 Å². The number of aliphatic imine (C=N–C) groups is 1. The molecule has 0 radical (unpaired) electrons. The van der Waals surface area contributed by atoms with Gasteiger partial charge in [0.15, 0.2) is 11.8 Å². The average Bonchev–Trinajstić information content (AvgIpc) is 2.92. The van der Waals surface area contributed by atoms with Crippen LogP contribution >= 0.6 is 0 Å². The van der Waals surface area contributed by atoms with E-state index in [0.29, 0.717) is 6.54 Å². The van der Waals surface area contributed by atoms with E-state index < -0.39 is 0 Å². The van der Waals surface area contributed by atoms with Crippen molar-refractivity contribution in [3.63, 3.8) is 0 Å². The van der Waals surface area contributed by atoms with Crippen molar-refractivity contribution in [2.24, 2.45) is 12.0 Å². The molecule has 0 amide bonds. The lowest BCUT2D eigenvalue weighted by Crippen LogP contribution is -2.39. The van der Waals surface area contributed by atoms with Crippen molar-refractivity contribution in [2.45, 2.75) is 39.7 Å². The molecule has 0 bridgehead atoms. The second-order valence-electron chi connectivity index (χ2n) is 5.67. The van der Waals surface area contributed by atoms with Crippen LogP contribution in [0.3, 0.4) is 0 Å². The fourth-order valence-electron chi connectivity index (χ4n) is 2.15. The first kappa shape index (κ1) is 17.9. The summed E-state index contributed by atoms with van der Waals surface area (Å²) in [7, 11) is 1.96. The first-order valence-corrected chi connectivity index (χ1v) is 8.47. The number of nitrogens with one attached hydrogen (secondary N) is 2. The van der Waals surface area contributed by atoms with Gasteiger partial charge >= 0.3 is 0 Å². The summed E-state index contributed by atoms with van der Waals surface area (Å²) in [6, 6.07) is 5.97. The molecule has 0 atom stereocenters. The maximum absolute atomic E-state index is 4.62. The molecule has 130 valence electrons. The monoisotopic (exact) mass is 329 g/mol. The van der Waals surface area contributed by atoms with Crippen LogP contribution < -0.4 is 10.6 Å². The van der Waals surface area contributed by atoms with Gasteiger partial charge in [-0.25, -0.2) is 4.99 Å². The van der Waals surface area contributed by atoms with Gasteiger partial charge in [-0.15, -0.1) is 10.2 Å². The van der Waals surface area contributed by atoms with E-state index in [2.05, 4.69) is 37.7 Å². The van der Waals surface area contributed by atoms with Crippen molar-refractivity contribution >= 4 is 5.96 Å². The quantitative estimate of drug-likeness (QED) is 0.437. The van der Waals surface area contributed by atoms with Crippen molar-refractivity contribution in [1.29, 1.82) is 0 Å². The van der Waals surface area contributed by atoms with Gasteiger partial charge in [-0.3, -0.25) is 4.98 Å². The maximum atomic E-state index is 4.62. The van der Waals surface area contributed by atoms with Gasteiger partial charge in [-0.05, 0) is 25.5 Å². The number of hydrogen-bond acceptors (Lipinski definition) is 4. The van der Waals surface area contributed by atoms with Gasteiger partial charge in [0.1, 0.15) is 12.4 Å². The lowest BCUT2D eigenvalue weighted by molar-refractivity contribution is 0.712. The molecule has 0 aliphatic rings. The van der Waals surface area contributed by atoms with E-state index in [4.69, 9.17) is 0 Å². The standard InChI is InChI=1S/C17H27N7/c1-4-5-10-19-17(20-12-9-15-8-6-7-11-18-15)21-13-16-23-22-14(2)24(16)3/h6-8,11H,4-5,9-10,12-13H2,1-3H3,(H2,19,20,21). The number of rotatable bonds is 8. The smallest absolute Gasteiger partial charge is 0.191 e. The molecule has 0 saturated carbocycles. The molecule has 7 heteroatoms. The van der Waals surface area contributed by atoms with E-state index in [0.717, 1.165) is 55.7 Å². The van der Waals surface area contributed by atoms with Crippen LogP contribution in [-0.2, 0) is 20.0 Å². The number of pyridine rings is 1. The first-order chi connectivity index (χ1) is 11.7. The van der Waals surface area contributed by atoms with Gasteiger partial charge in [-0.1, -0.05) is 19.4 Å². The predicted molar refractivity (Wildman–Crippen MR) is 95.7 cm³/mol. The summed E-state index contributed by atoms with van der Waals surface area (Å²) < 4.78 is 1.96. The number of hydrogen-bond donors (Lipinski definition) is 2. The van der Waals surface area contributed by atoms with E-state index in [-0.39, 0.29) is 0 Å². The Kier molecular flexibility index (Phi) is 7.20. The van der Waals surface area contributed by atoms with Crippen LogP contribution in [0.15, 0.2) is 29.4 Å². The molecule has 2 heterocycles. The van der Waals surface area contributed by atoms with Crippen LogP contribution in [0.2, 0.25) is 0 Å². The maximum Gasteiger partial charge on any atom is 0.191 e. The molecule has 0 aliphatic carbocycles. The third kappa shape index (κ3) is 5.64. The Morgan fingerprint density at radius 1 is 1.21 bits per heavy atom. The normalized spacial score (nSPS) is 11.5. The van der Waals surface area contributed by atoms with Gasteiger partial charge < -0.3 is 15.2 Å². The largest absolute Gasteiger partial charge is 0.356 e. The van der Waals surface area contributed by atoms with Gasteiger partial charge in [-0.2, -0.15) is 0 Å². The second kappa shape index (κ2) is 9.64. The van der Waals surface area contributed by atoms with E-state index in [9.17, 15) is 0 Å². The molecule has 2 N–H and O–H groups in total. The Morgan fingerprint density at radius 2 is 2.04 bits per heavy atom. The molecule has 2 aromatic rings. The Balaban J connectivity index is 1.90. The molecular formula is C17H27N7. The van der Waals surface area contributed by atoms with Crippen molar-refractivity contribution in [1.82, 2.24) is 30.4 Å². The summed E-state index contributed by atoms with van der Waals surface area (Å²) in [6.45, 7) is 6.31. The average molecular weight is 329 g/mol. The third-order valence-corrected chi connectivity index (χ3v) is 3.78. The van der Waals surface area contributed by atoms with E-state index in [1.165, 1.54) is 0 Å². The molecule has 2 rings (SSSR count). The predicted octanol–water partition coefficient (Wildman–Crippen LogP) is 1.60. The highest BCUT2D eigenvalue weighted by Gasteiger charge is 2.05. The summed E-state index contributed by atoms with van der Waals surface area (Å²) >= 11 is 0. The Hall–Kier alpha value is -2.44. The number of nitrogens with zero attached hydrogens (tertiary/aromatic N) is 5. The fraction of sp³-hybridized carbons (Fsp3) is 0.529. The van der Waals surface area contributed by atoms with E-state index in [1.54, 1.807) is 0 Å². The number of guanidine groups is 1. The van der Waals surface area contributed by atoms with E-state index >= 15 is 0 Å². The zero-order chi connectivity index (χ0) is 17.2. The number of aryl methyl sites for hydroxylation is 1. The van der Waals surface area contributed by atoms with Crippen molar-refractivity contribution in [2.75, 3.05) is 13.1 Å². The minimum Gasteiger partial charge on any atom is -0.356 e.